The lowest BCUT2D eigenvalue weighted by molar-refractivity contribution is -0.139. The second-order valence-corrected chi connectivity index (χ2v) is 3.00. The number of carboxylic acid groups (broad SMARTS) is 1. The van der Waals surface area contributed by atoms with E-state index in [0.29, 0.717) is 0 Å². The Kier molecular flexibility index (Phi) is 3.62. The van der Waals surface area contributed by atoms with Gasteiger partial charge in [-0.1, -0.05) is 0 Å². The summed E-state index contributed by atoms with van der Waals surface area (Å²) < 4.78 is 17.8. The fourth-order valence-electron chi connectivity index (χ4n) is 1.24. The van der Waals surface area contributed by atoms with Crippen molar-refractivity contribution in [2.75, 3.05) is 7.11 Å². The second-order valence-electron chi connectivity index (χ2n) is 3.00. The number of aliphatic carboxylic acids is 1. The van der Waals surface area contributed by atoms with E-state index in [2.05, 4.69) is 0 Å². The summed E-state index contributed by atoms with van der Waals surface area (Å²) >= 11 is 0. The molecule has 0 amide bonds. The number of carboxylic acids is 1. The van der Waals surface area contributed by atoms with Crippen molar-refractivity contribution in [3.63, 3.8) is 0 Å². The number of ether oxygens (including phenoxy) is 1. The maximum Gasteiger partial charge on any atom is 0.306 e. The zero-order chi connectivity index (χ0) is 11.4. The molecule has 0 aliphatic heterocycles. The van der Waals surface area contributed by atoms with Crippen LogP contribution in [0.25, 0.3) is 0 Å². The molecule has 0 spiro atoms. The minimum Gasteiger partial charge on any atom is -0.496 e. The van der Waals surface area contributed by atoms with Crippen molar-refractivity contribution >= 4 is 5.97 Å². The van der Waals surface area contributed by atoms with E-state index in [9.17, 15) is 14.3 Å². The Hall–Kier alpha value is -1.62. The second kappa shape index (κ2) is 4.75. The lowest BCUT2D eigenvalue weighted by Crippen LogP contribution is -2.07. The molecule has 5 heteroatoms. The van der Waals surface area contributed by atoms with E-state index < -0.39 is 24.3 Å². The van der Waals surface area contributed by atoms with E-state index in [1.54, 1.807) is 0 Å². The van der Waals surface area contributed by atoms with Crippen molar-refractivity contribution < 1.29 is 24.1 Å². The van der Waals surface area contributed by atoms with Crippen LogP contribution >= 0.6 is 0 Å². The van der Waals surface area contributed by atoms with Crippen LogP contribution in [-0.2, 0) is 4.79 Å². The summed E-state index contributed by atoms with van der Waals surface area (Å²) in [6.07, 6.45) is -1.76. The van der Waals surface area contributed by atoms with Gasteiger partial charge in [0.15, 0.2) is 0 Å². The van der Waals surface area contributed by atoms with Gasteiger partial charge in [-0.25, -0.2) is 4.39 Å². The summed E-state index contributed by atoms with van der Waals surface area (Å²) in [5.74, 6) is -1.44. The molecule has 82 valence electrons. The molecule has 0 aliphatic rings. The van der Waals surface area contributed by atoms with Gasteiger partial charge in [0.05, 0.1) is 19.6 Å². The topological polar surface area (TPSA) is 66.8 Å². The minimum absolute atomic E-state index is 0.139. The Labute approximate surface area is 85.9 Å². The molecule has 0 saturated heterocycles. The van der Waals surface area contributed by atoms with Gasteiger partial charge in [0, 0.05) is 5.56 Å². The van der Waals surface area contributed by atoms with Gasteiger partial charge in [-0.3, -0.25) is 4.79 Å². The smallest absolute Gasteiger partial charge is 0.306 e. The lowest BCUT2D eigenvalue weighted by Gasteiger charge is -2.12. The highest BCUT2D eigenvalue weighted by atomic mass is 19.1. The van der Waals surface area contributed by atoms with Gasteiger partial charge in [0.2, 0.25) is 0 Å². The molecule has 0 heterocycles. The Morgan fingerprint density at radius 3 is 2.80 bits per heavy atom. The van der Waals surface area contributed by atoms with Crippen LogP contribution in [0.5, 0.6) is 5.75 Å². The zero-order valence-electron chi connectivity index (χ0n) is 8.11. The van der Waals surface area contributed by atoms with E-state index in [1.165, 1.54) is 19.2 Å². The highest BCUT2D eigenvalue weighted by Crippen LogP contribution is 2.27. The molecule has 1 aromatic rings. The summed E-state index contributed by atoms with van der Waals surface area (Å²) in [6.45, 7) is 0. The van der Waals surface area contributed by atoms with Crippen LogP contribution in [0.3, 0.4) is 0 Å². The van der Waals surface area contributed by atoms with Crippen molar-refractivity contribution in [3.05, 3.63) is 29.6 Å². The molecular formula is C10H11FO4. The average molecular weight is 214 g/mol. The Bertz CT molecular complexity index is 364. The number of methoxy groups -OCH3 is 1. The van der Waals surface area contributed by atoms with E-state index in [1.807, 2.05) is 0 Å². The molecular weight excluding hydrogens is 203 g/mol. The Morgan fingerprint density at radius 1 is 1.60 bits per heavy atom. The van der Waals surface area contributed by atoms with Crippen molar-refractivity contribution in [2.45, 2.75) is 12.5 Å². The van der Waals surface area contributed by atoms with E-state index in [0.717, 1.165) is 6.07 Å². The number of carbonyl (C=O) groups is 1. The molecule has 0 aromatic heterocycles. The molecule has 0 fully saturated rings. The van der Waals surface area contributed by atoms with Gasteiger partial charge in [0.25, 0.3) is 0 Å². The minimum atomic E-state index is -1.27. The highest BCUT2D eigenvalue weighted by Gasteiger charge is 2.17. The molecule has 1 aromatic carbocycles. The SMILES string of the molecule is COc1ccc(F)cc1[C@H](O)CC(=O)O. The lowest BCUT2D eigenvalue weighted by atomic mass is 10.1. The first-order valence-corrected chi connectivity index (χ1v) is 4.28. The van der Waals surface area contributed by atoms with Gasteiger partial charge in [0.1, 0.15) is 11.6 Å². The number of halogens is 1. The molecule has 1 rings (SSSR count). The quantitative estimate of drug-likeness (QED) is 0.793. The predicted molar refractivity (Wildman–Crippen MR) is 50.2 cm³/mol. The fraction of sp³-hybridized carbons (Fsp3) is 0.300. The van der Waals surface area contributed by atoms with Crippen molar-refractivity contribution in [2.24, 2.45) is 0 Å². The van der Waals surface area contributed by atoms with E-state index in [4.69, 9.17) is 9.84 Å². The van der Waals surface area contributed by atoms with Gasteiger partial charge in [-0.15, -0.1) is 0 Å². The highest BCUT2D eigenvalue weighted by molar-refractivity contribution is 5.68. The van der Waals surface area contributed by atoms with Crippen LogP contribution in [0.2, 0.25) is 0 Å². The number of benzene rings is 1. The van der Waals surface area contributed by atoms with Gasteiger partial charge in [-0.2, -0.15) is 0 Å². The van der Waals surface area contributed by atoms with Gasteiger partial charge in [-0.05, 0) is 18.2 Å². The normalized spacial score (nSPS) is 12.2. The van der Waals surface area contributed by atoms with E-state index in [-0.39, 0.29) is 11.3 Å². The summed E-state index contributed by atoms with van der Waals surface area (Å²) in [5.41, 5.74) is 0.139. The van der Waals surface area contributed by atoms with Gasteiger partial charge < -0.3 is 14.9 Å². The first-order valence-electron chi connectivity index (χ1n) is 4.28. The number of hydrogen-bond acceptors (Lipinski definition) is 3. The van der Waals surface area contributed by atoms with E-state index >= 15 is 0 Å². The third-order valence-corrected chi connectivity index (χ3v) is 1.92. The zero-order valence-corrected chi connectivity index (χ0v) is 8.11. The third-order valence-electron chi connectivity index (χ3n) is 1.92. The molecule has 2 N–H and O–H groups in total. The third kappa shape index (κ3) is 2.92. The summed E-state index contributed by atoms with van der Waals surface area (Å²) in [5, 5.41) is 18.0. The van der Waals surface area contributed by atoms with Crippen molar-refractivity contribution in [1.29, 1.82) is 0 Å². The predicted octanol–water partition coefficient (Wildman–Crippen LogP) is 1.34. The average Bonchev–Trinajstić information content (AvgIpc) is 2.16. The van der Waals surface area contributed by atoms with Crippen LogP contribution in [0.15, 0.2) is 18.2 Å². The Morgan fingerprint density at radius 2 is 2.27 bits per heavy atom. The molecule has 0 saturated carbocycles. The Balaban J connectivity index is 2.99. The summed E-state index contributed by atoms with van der Waals surface area (Å²) in [4.78, 5) is 10.4. The van der Waals surface area contributed by atoms with Crippen LogP contribution in [-0.4, -0.2) is 23.3 Å². The summed E-state index contributed by atoms with van der Waals surface area (Å²) in [7, 11) is 1.37. The molecule has 15 heavy (non-hydrogen) atoms. The number of aliphatic hydroxyl groups excluding tert-OH is 1. The van der Waals surface area contributed by atoms with Crippen LogP contribution in [0, 0.1) is 5.82 Å². The molecule has 1 atom stereocenters. The van der Waals surface area contributed by atoms with Crippen LogP contribution in [0.1, 0.15) is 18.1 Å². The molecule has 0 unspecified atom stereocenters. The molecule has 0 radical (unpaired) electrons. The monoisotopic (exact) mass is 214 g/mol. The number of hydrogen-bond donors (Lipinski definition) is 2. The van der Waals surface area contributed by atoms with Crippen molar-refractivity contribution in [3.8, 4) is 5.75 Å². The molecule has 0 bridgehead atoms. The van der Waals surface area contributed by atoms with Crippen LogP contribution < -0.4 is 4.74 Å². The van der Waals surface area contributed by atoms with Gasteiger partial charge >= 0.3 is 5.97 Å². The standard InChI is InChI=1S/C10H11FO4/c1-15-9-3-2-6(11)4-7(9)8(12)5-10(13)14/h2-4,8,12H,5H2,1H3,(H,13,14)/t8-/m1/s1. The van der Waals surface area contributed by atoms with Crippen LogP contribution in [0.4, 0.5) is 4.39 Å². The first kappa shape index (κ1) is 11.5. The first-order chi connectivity index (χ1) is 7.04. The maximum atomic E-state index is 12.9. The number of rotatable bonds is 4. The molecule has 0 aliphatic carbocycles. The van der Waals surface area contributed by atoms with Crippen molar-refractivity contribution in [1.82, 2.24) is 0 Å². The fourth-order valence-corrected chi connectivity index (χ4v) is 1.24. The summed E-state index contributed by atoms with van der Waals surface area (Å²) in [6, 6.07) is 3.58. The maximum absolute atomic E-state index is 12.9. The molecule has 4 nitrogen and oxygen atoms in total. The largest absolute Gasteiger partial charge is 0.496 e. The number of aliphatic hydroxyl groups is 1.